The van der Waals surface area contributed by atoms with Crippen molar-refractivity contribution in [2.24, 2.45) is 0 Å². The zero-order valence-electron chi connectivity index (χ0n) is 22.6. The molecule has 198 valence electrons. The lowest BCUT2D eigenvalue weighted by molar-refractivity contribution is -0.143. The van der Waals surface area contributed by atoms with Crippen molar-refractivity contribution in [1.29, 1.82) is 0 Å². The van der Waals surface area contributed by atoms with Gasteiger partial charge in [0.05, 0.1) is 6.61 Å². The third kappa shape index (κ3) is 10.3. The Hall–Kier alpha value is -2.61. The number of benzene rings is 1. The molecule has 0 aliphatic rings. The van der Waals surface area contributed by atoms with Crippen LogP contribution in [0.25, 0.3) is 0 Å². The highest BCUT2D eigenvalue weighted by molar-refractivity contribution is 5.92. The van der Waals surface area contributed by atoms with Crippen LogP contribution in [0.2, 0.25) is 0 Å². The van der Waals surface area contributed by atoms with E-state index in [0.29, 0.717) is 19.5 Å². The Bertz CT molecular complexity index is 835. The van der Waals surface area contributed by atoms with Gasteiger partial charge in [-0.1, -0.05) is 56.9 Å². The minimum atomic E-state index is -1.23. The zero-order chi connectivity index (χ0) is 26.6. The van der Waals surface area contributed by atoms with E-state index in [9.17, 15) is 19.5 Å². The molecule has 0 fully saturated rings. The number of carbonyl (C=O) groups excluding carboxylic acids is 3. The third-order valence-corrected chi connectivity index (χ3v) is 5.57. The summed E-state index contributed by atoms with van der Waals surface area (Å²) in [5.41, 5.74) is 1.92. The van der Waals surface area contributed by atoms with Crippen LogP contribution in [-0.2, 0) is 14.3 Å². The molecule has 35 heavy (non-hydrogen) atoms. The summed E-state index contributed by atoms with van der Waals surface area (Å²) in [4.78, 5) is 41.0. The summed E-state index contributed by atoms with van der Waals surface area (Å²) in [6.07, 6.45) is 3.56. The topological polar surface area (TPSA) is 108 Å². The largest absolute Gasteiger partial charge is 0.444 e. The molecule has 2 atom stereocenters. The zero-order valence-corrected chi connectivity index (χ0v) is 22.6. The third-order valence-electron chi connectivity index (χ3n) is 5.57. The summed E-state index contributed by atoms with van der Waals surface area (Å²) in [6, 6.07) is 3.67. The lowest BCUT2D eigenvalue weighted by Gasteiger charge is -2.34. The van der Waals surface area contributed by atoms with Crippen LogP contribution in [0.1, 0.15) is 89.5 Å². The fourth-order valence-electron chi connectivity index (χ4n) is 3.80. The van der Waals surface area contributed by atoms with E-state index in [1.165, 1.54) is 4.90 Å². The van der Waals surface area contributed by atoms with Gasteiger partial charge in [-0.05, 0) is 58.6 Å². The molecule has 8 heteroatoms. The summed E-state index contributed by atoms with van der Waals surface area (Å²) in [5, 5.41) is 15.4. The molecule has 2 unspecified atom stereocenters. The summed E-state index contributed by atoms with van der Waals surface area (Å²) in [7, 11) is 0. The van der Waals surface area contributed by atoms with Crippen LogP contribution in [0.3, 0.4) is 0 Å². The number of aliphatic hydroxyl groups excluding tert-OH is 1. The first kappa shape index (κ1) is 30.4. The first-order valence-electron chi connectivity index (χ1n) is 12.7. The summed E-state index contributed by atoms with van der Waals surface area (Å²) in [5.74, 6) is -0.799. The molecular formula is C27H45N3O5. The van der Waals surface area contributed by atoms with Gasteiger partial charge in [-0.15, -0.1) is 0 Å². The molecule has 3 N–H and O–H groups in total. The van der Waals surface area contributed by atoms with Crippen molar-refractivity contribution >= 4 is 17.9 Å². The fraction of sp³-hybridized carbons (Fsp3) is 0.667. The highest BCUT2D eigenvalue weighted by atomic mass is 16.6. The Labute approximate surface area is 210 Å². The standard InChI is InChI=1S/C27H45N3O5/c1-8-10-12-15-28-24(32)23(21-14-13-19(3)17-20(21)4)30(16-11-9-2)25(33)22(18-31)29-26(34)35-27(5,6)7/h13-14,17,22-23,31H,8-12,15-16,18H2,1-7H3,(H,28,32)(H,29,34). The van der Waals surface area contributed by atoms with E-state index in [-0.39, 0.29) is 5.91 Å². The Kier molecular flexibility index (Phi) is 12.8. The molecule has 0 radical (unpaired) electrons. The van der Waals surface area contributed by atoms with Crippen LogP contribution < -0.4 is 10.6 Å². The number of aryl methyl sites for hydroxylation is 2. The summed E-state index contributed by atoms with van der Waals surface area (Å²) >= 11 is 0. The van der Waals surface area contributed by atoms with Crippen molar-refractivity contribution in [2.45, 2.75) is 98.3 Å². The molecule has 0 bridgehead atoms. The van der Waals surface area contributed by atoms with Crippen LogP contribution in [0.15, 0.2) is 18.2 Å². The van der Waals surface area contributed by atoms with Crippen LogP contribution in [0, 0.1) is 13.8 Å². The summed E-state index contributed by atoms with van der Waals surface area (Å²) < 4.78 is 5.27. The minimum Gasteiger partial charge on any atom is -0.444 e. The Morgan fingerprint density at radius 3 is 2.26 bits per heavy atom. The van der Waals surface area contributed by atoms with Crippen molar-refractivity contribution in [3.05, 3.63) is 34.9 Å². The molecule has 0 spiro atoms. The van der Waals surface area contributed by atoms with E-state index < -0.39 is 36.3 Å². The highest BCUT2D eigenvalue weighted by Crippen LogP contribution is 2.27. The molecule has 0 saturated heterocycles. The minimum absolute atomic E-state index is 0.272. The number of hydrogen-bond donors (Lipinski definition) is 3. The molecule has 8 nitrogen and oxygen atoms in total. The highest BCUT2D eigenvalue weighted by Gasteiger charge is 2.36. The quantitative estimate of drug-likeness (QED) is 0.359. The van der Waals surface area contributed by atoms with E-state index in [0.717, 1.165) is 42.4 Å². The lowest BCUT2D eigenvalue weighted by Crippen LogP contribution is -2.54. The molecule has 1 aromatic rings. The van der Waals surface area contributed by atoms with Crippen LogP contribution >= 0.6 is 0 Å². The van der Waals surface area contributed by atoms with E-state index in [4.69, 9.17) is 4.74 Å². The molecule has 1 rings (SSSR count). The number of rotatable bonds is 13. The maximum Gasteiger partial charge on any atom is 0.408 e. The van der Waals surface area contributed by atoms with E-state index in [1.807, 2.05) is 39.0 Å². The normalized spacial score (nSPS) is 13.0. The fourth-order valence-corrected chi connectivity index (χ4v) is 3.80. The van der Waals surface area contributed by atoms with Gasteiger partial charge >= 0.3 is 6.09 Å². The number of amides is 3. The molecule has 1 aromatic carbocycles. The maximum atomic E-state index is 13.7. The Balaban J connectivity index is 3.36. The second-order valence-corrected chi connectivity index (χ2v) is 10.0. The maximum absolute atomic E-state index is 13.7. The van der Waals surface area contributed by atoms with Crippen molar-refractivity contribution in [3.63, 3.8) is 0 Å². The molecule has 0 aliphatic heterocycles. The first-order valence-corrected chi connectivity index (χ1v) is 12.7. The molecule has 3 amide bonds. The number of hydrogen-bond acceptors (Lipinski definition) is 5. The van der Waals surface area contributed by atoms with Crippen molar-refractivity contribution in [1.82, 2.24) is 15.5 Å². The number of nitrogens with one attached hydrogen (secondary N) is 2. The van der Waals surface area contributed by atoms with Gasteiger partial charge in [0.15, 0.2) is 0 Å². The number of alkyl carbamates (subject to hydrolysis) is 1. The molecular weight excluding hydrogens is 446 g/mol. The molecule has 0 aromatic heterocycles. The number of ether oxygens (including phenoxy) is 1. The van der Waals surface area contributed by atoms with E-state index >= 15 is 0 Å². The Morgan fingerprint density at radius 1 is 1.06 bits per heavy atom. The number of aliphatic hydroxyl groups is 1. The lowest BCUT2D eigenvalue weighted by atomic mass is 9.96. The van der Waals surface area contributed by atoms with Crippen molar-refractivity contribution < 1.29 is 24.2 Å². The monoisotopic (exact) mass is 491 g/mol. The van der Waals surface area contributed by atoms with Gasteiger partial charge in [-0.2, -0.15) is 0 Å². The predicted molar refractivity (Wildman–Crippen MR) is 138 cm³/mol. The van der Waals surface area contributed by atoms with Crippen molar-refractivity contribution in [2.75, 3.05) is 19.7 Å². The van der Waals surface area contributed by atoms with Gasteiger partial charge in [-0.3, -0.25) is 9.59 Å². The summed E-state index contributed by atoms with van der Waals surface area (Å²) in [6.45, 7) is 13.4. The average molecular weight is 492 g/mol. The number of nitrogens with zero attached hydrogens (tertiary/aromatic N) is 1. The van der Waals surface area contributed by atoms with Crippen LogP contribution in [-0.4, -0.2) is 59.3 Å². The second kappa shape index (κ2) is 14.7. The van der Waals surface area contributed by atoms with Crippen LogP contribution in [0.5, 0.6) is 0 Å². The number of unbranched alkanes of at least 4 members (excludes halogenated alkanes) is 3. The van der Waals surface area contributed by atoms with Gasteiger partial charge in [0, 0.05) is 13.1 Å². The van der Waals surface area contributed by atoms with E-state index in [2.05, 4.69) is 17.6 Å². The van der Waals surface area contributed by atoms with Gasteiger partial charge in [0.25, 0.3) is 0 Å². The van der Waals surface area contributed by atoms with E-state index in [1.54, 1.807) is 20.8 Å². The molecule has 0 heterocycles. The first-order chi connectivity index (χ1) is 16.4. The SMILES string of the molecule is CCCCCNC(=O)C(c1ccc(C)cc1C)N(CCCC)C(=O)C(CO)NC(=O)OC(C)(C)C. The smallest absolute Gasteiger partial charge is 0.408 e. The van der Waals surface area contributed by atoms with Crippen LogP contribution in [0.4, 0.5) is 4.79 Å². The molecule has 0 aliphatic carbocycles. The van der Waals surface area contributed by atoms with Gasteiger partial charge < -0.3 is 25.4 Å². The van der Waals surface area contributed by atoms with Crippen molar-refractivity contribution in [3.8, 4) is 0 Å². The van der Waals surface area contributed by atoms with Gasteiger partial charge in [0.2, 0.25) is 11.8 Å². The predicted octanol–water partition coefficient (Wildman–Crippen LogP) is 4.17. The van der Waals surface area contributed by atoms with Gasteiger partial charge in [-0.25, -0.2) is 4.79 Å². The number of carbonyl (C=O) groups is 3. The molecule has 0 saturated carbocycles. The second-order valence-electron chi connectivity index (χ2n) is 10.0. The average Bonchev–Trinajstić information content (AvgIpc) is 2.77. The Morgan fingerprint density at radius 2 is 1.71 bits per heavy atom. The van der Waals surface area contributed by atoms with Gasteiger partial charge in [0.1, 0.15) is 17.7 Å².